The van der Waals surface area contributed by atoms with Crippen LogP contribution in [-0.4, -0.2) is 62.1 Å². The number of nitrogens with one attached hydrogen (secondary N) is 2. The van der Waals surface area contributed by atoms with Crippen LogP contribution in [0.1, 0.15) is 38.5 Å². The molecule has 21 heavy (non-hydrogen) atoms. The minimum absolute atomic E-state index is 0.0998. The average molecular weight is 297 g/mol. The number of hydrogen-bond acceptors (Lipinski definition) is 4. The van der Waals surface area contributed by atoms with Gasteiger partial charge in [0.15, 0.2) is 0 Å². The Bertz CT molecular complexity index is 337. The van der Waals surface area contributed by atoms with Crippen molar-refractivity contribution in [2.45, 2.75) is 44.6 Å². The predicted octanol–water partition coefficient (Wildman–Crippen LogP) is 0.274. The van der Waals surface area contributed by atoms with E-state index in [4.69, 9.17) is 4.74 Å². The topological polar surface area (TPSA) is 70.7 Å². The average Bonchev–Trinajstić information content (AvgIpc) is 2.54. The molecule has 0 aromatic heterocycles. The molecule has 0 unspecified atom stereocenters. The molecule has 0 aromatic carbocycles. The monoisotopic (exact) mass is 297 g/mol. The highest BCUT2D eigenvalue weighted by Crippen LogP contribution is 2.09. The molecule has 6 nitrogen and oxygen atoms in total. The lowest BCUT2D eigenvalue weighted by atomic mass is 10.1. The van der Waals surface area contributed by atoms with Crippen LogP contribution < -0.4 is 10.6 Å². The molecule has 2 aliphatic rings. The first kappa shape index (κ1) is 16.2. The fourth-order valence-corrected chi connectivity index (χ4v) is 2.82. The molecule has 2 rings (SSSR count). The van der Waals surface area contributed by atoms with Crippen molar-refractivity contribution in [1.29, 1.82) is 0 Å². The molecule has 2 amide bonds. The van der Waals surface area contributed by atoms with Gasteiger partial charge in [0.25, 0.3) is 0 Å². The van der Waals surface area contributed by atoms with Crippen LogP contribution in [0.2, 0.25) is 0 Å². The Morgan fingerprint density at radius 2 is 1.86 bits per heavy atom. The van der Waals surface area contributed by atoms with Gasteiger partial charge in [-0.25, -0.2) is 0 Å². The first-order valence-corrected chi connectivity index (χ1v) is 8.12. The molecule has 0 bridgehead atoms. The van der Waals surface area contributed by atoms with E-state index in [2.05, 4.69) is 10.6 Å². The van der Waals surface area contributed by atoms with Crippen molar-refractivity contribution in [2.75, 3.05) is 39.3 Å². The smallest absolute Gasteiger partial charge is 0.246 e. The molecule has 6 heteroatoms. The lowest BCUT2D eigenvalue weighted by Gasteiger charge is -2.26. The quantitative estimate of drug-likeness (QED) is 0.738. The minimum Gasteiger partial charge on any atom is -0.368 e. The predicted molar refractivity (Wildman–Crippen MR) is 79.9 cm³/mol. The Morgan fingerprint density at radius 1 is 1.14 bits per heavy atom. The van der Waals surface area contributed by atoms with Crippen molar-refractivity contribution in [1.82, 2.24) is 15.5 Å². The zero-order valence-corrected chi connectivity index (χ0v) is 12.7. The third-order valence-corrected chi connectivity index (χ3v) is 4.11. The lowest BCUT2D eigenvalue weighted by Crippen LogP contribution is -2.39. The van der Waals surface area contributed by atoms with Crippen molar-refractivity contribution < 1.29 is 14.3 Å². The normalized spacial score (nSPS) is 20.3. The van der Waals surface area contributed by atoms with E-state index in [0.717, 1.165) is 51.9 Å². The van der Waals surface area contributed by atoms with E-state index in [1.165, 1.54) is 6.42 Å². The zero-order valence-electron chi connectivity index (χ0n) is 12.7. The minimum atomic E-state index is -0.125. The number of piperidine rings is 2. The summed E-state index contributed by atoms with van der Waals surface area (Å²) < 4.78 is 5.57. The zero-order chi connectivity index (χ0) is 14.9. The van der Waals surface area contributed by atoms with Gasteiger partial charge in [-0.05, 0) is 45.2 Å². The van der Waals surface area contributed by atoms with Gasteiger partial charge in [-0.15, -0.1) is 0 Å². The molecule has 2 saturated heterocycles. The van der Waals surface area contributed by atoms with Crippen LogP contribution in [0.5, 0.6) is 0 Å². The second-order valence-electron chi connectivity index (χ2n) is 5.80. The van der Waals surface area contributed by atoms with Gasteiger partial charge in [0.05, 0.1) is 6.10 Å². The van der Waals surface area contributed by atoms with Gasteiger partial charge in [0, 0.05) is 26.1 Å². The van der Waals surface area contributed by atoms with Crippen molar-refractivity contribution in [3.63, 3.8) is 0 Å². The number of carbonyl (C=O) groups is 2. The van der Waals surface area contributed by atoms with Crippen LogP contribution in [0, 0.1) is 0 Å². The van der Waals surface area contributed by atoms with Gasteiger partial charge in [0.1, 0.15) is 6.61 Å². The molecule has 0 aliphatic carbocycles. The third-order valence-electron chi connectivity index (χ3n) is 4.11. The molecular formula is C15H27N3O3. The van der Waals surface area contributed by atoms with Crippen LogP contribution in [0.3, 0.4) is 0 Å². The number of carbonyl (C=O) groups excluding carboxylic acids is 2. The maximum absolute atomic E-state index is 11.9. The first-order valence-electron chi connectivity index (χ1n) is 8.12. The standard InChI is InChI=1S/C15H27N3O3/c19-14(12-21-13-4-7-16-8-5-13)17-9-6-15(20)18-10-2-1-3-11-18/h13,16H,1-12H2,(H,17,19). The molecule has 2 N–H and O–H groups in total. The van der Waals surface area contributed by atoms with Gasteiger partial charge in [0.2, 0.25) is 11.8 Å². The van der Waals surface area contributed by atoms with E-state index in [1.54, 1.807) is 0 Å². The van der Waals surface area contributed by atoms with E-state index in [1.807, 2.05) is 4.90 Å². The number of likely N-dealkylation sites (tertiary alicyclic amines) is 1. The fraction of sp³-hybridized carbons (Fsp3) is 0.867. The summed E-state index contributed by atoms with van der Waals surface area (Å²) in [5.41, 5.74) is 0. The van der Waals surface area contributed by atoms with Gasteiger partial charge in [-0.2, -0.15) is 0 Å². The lowest BCUT2D eigenvalue weighted by molar-refractivity contribution is -0.132. The third kappa shape index (κ3) is 6.01. The number of amides is 2. The van der Waals surface area contributed by atoms with Crippen molar-refractivity contribution in [3.8, 4) is 0 Å². The first-order chi connectivity index (χ1) is 10.3. The number of hydrogen-bond donors (Lipinski definition) is 2. The van der Waals surface area contributed by atoms with E-state index < -0.39 is 0 Å². The number of nitrogens with zero attached hydrogens (tertiary/aromatic N) is 1. The number of ether oxygens (including phenoxy) is 1. The summed E-state index contributed by atoms with van der Waals surface area (Å²) in [6, 6.07) is 0. The molecule has 2 aliphatic heterocycles. The summed E-state index contributed by atoms with van der Waals surface area (Å²) in [5.74, 6) is 0.0225. The SMILES string of the molecule is O=C(COC1CCNCC1)NCCC(=O)N1CCCCC1. The summed E-state index contributed by atoms with van der Waals surface area (Å²) in [6.07, 6.45) is 5.91. The highest BCUT2D eigenvalue weighted by atomic mass is 16.5. The Labute approximate surface area is 126 Å². The van der Waals surface area contributed by atoms with Crippen LogP contribution in [-0.2, 0) is 14.3 Å². The molecule has 120 valence electrons. The molecular weight excluding hydrogens is 270 g/mol. The molecule has 0 saturated carbocycles. The second-order valence-corrected chi connectivity index (χ2v) is 5.80. The molecule has 0 radical (unpaired) electrons. The number of rotatable bonds is 6. The van der Waals surface area contributed by atoms with E-state index in [0.29, 0.717) is 13.0 Å². The maximum atomic E-state index is 11.9. The molecule has 0 spiro atoms. The molecule has 2 heterocycles. The highest BCUT2D eigenvalue weighted by molar-refractivity contribution is 5.79. The van der Waals surface area contributed by atoms with Gasteiger partial charge >= 0.3 is 0 Å². The largest absolute Gasteiger partial charge is 0.368 e. The summed E-state index contributed by atoms with van der Waals surface area (Å²) in [7, 11) is 0. The van der Waals surface area contributed by atoms with E-state index in [9.17, 15) is 9.59 Å². The van der Waals surface area contributed by atoms with Crippen molar-refractivity contribution >= 4 is 11.8 Å². The van der Waals surface area contributed by atoms with Crippen LogP contribution in [0.4, 0.5) is 0 Å². The van der Waals surface area contributed by atoms with Gasteiger partial charge in [-0.3, -0.25) is 9.59 Å². The summed E-state index contributed by atoms with van der Waals surface area (Å²) >= 11 is 0. The molecule has 0 atom stereocenters. The van der Waals surface area contributed by atoms with Crippen LogP contribution in [0.25, 0.3) is 0 Å². The Hall–Kier alpha value is -1.14. The fourth-order valence-electron chi connectivity index (χ4n) is 2.82. The van der Waals surface area contributed by atoms with Crippen LogP contribution >= 0.6 is 0 Å². The Kier molecular flexibility index (Phi) is 6.95. The Morgan fingerprint density at radius 3 is 2.57 bits per heavy atom. The Balaban J connectivity index is 1.52. The van der Waals surface area contributed by atoms with Crippen molar-refractivity contribution in [3.05, 3.63) is 0 Å². The van der Waals surface area contributed by atoms with Gasteiger partial charge in [-0.1, -0.05) is 0 Å². The maximum Gasteiger partial charge on any atom is 0.246 e. The van der Waals surface area contributed by atoms with Crippen molar-refractivity contribution in [2.24, 2.45) is 0 Å². The van der Waals surface area contributed by atoms with Crippen LogP contribution in [0.15, 0.2) is 0 Å². The highest BCUT2D eigenvalue weighted by Gasteiger charge is 2.17. The summed E-state index contributed by atoms with van der Waals surface area (Å²) in [6.45, 7) is 4.15. The van der Waals surface area contributed by atoms with E-state index in [-0.39, 0.29) is 24.5 Å². The summed E-state index contributed by atoms with van der Waals surface area (Å²) in [4.78, 5) is 25.5. The summed E-state index contributed by atoms with van der Waals surface area (Å²) in [5, 5.41) is 6.02. The molecule has 2 fully saturated rings. The van der Waals surface area contributed by atoms with Gasteiger partial charge < -0.3 is 20.3 Å². The second kappa shape index (κ2) is 9.00. The van der Waals surface area contributed by atoms with E-state index >= 15 is 0 Å². The molecule has 0 aromatic rings.